The van der Waals surface area contributed by atoms with Crippen LogP contribution < -0.4 is 10.1 Å². The van der Waals surface area contributed by atoms with E-state index in [-0.39, 0.29) is 22.9 Å². The number of carbonyl (C=O) groups excluding carboxylic acids is 2. The molecule has 1 aliphatic heterocycles. The number of hydrogen-bond donors (Lipinski definition) is 1. The Morgan fingerprint density at radius 1 is 1.29 bits per heavy atom. The van der Waals surface area contributed by atoms with Crippen molar-refractivity contribution in [3.05, 3.63) is 69.6 Å². The summed E-state index contributed by atoms with van der Waals surface area (Å²) in [5.41, 5.74) is 2.03. The van der Waals surface area contributed by atoms with E-state index in [0.29, 0.717) is 28.4 Å². The summed E-state index contributed by atoms with van der Waals surface area (Å²) in [7, 11) is 1.43. The zero-order chi connectivity index (χ0) is 22.9. The van der Waals surface area contributed by atoms with Crippen molar-refractivity contribution in [2.45, 2.75) is 13.8 Å². The Labute approximate surface area is 183 Å². The zero-order valence-electron chi connectivity index (χ0n) is 17.2. The third kappa shape index (κ3) is 3.97. The number of thiocarbonyl (C=S) groups is 1. The summed E-state index contributed by atoms with van der Waals surface area (Å²) in [5.74, 6) is -0.771. The fraction of sp³-hybridized carbons (Fsp3) is 0.190. The molecule has 2 heterocycles. The molecule has 0 aliphatic carbocycles. The van der Waals surface area contributed by atoms with Gasteiger partial charge >= 0.3 is 0 Å². The van der Waals surface area contributed by atoms with Gasteiger partial charge in [0, 0.05) is 17.9 Å². The summed E-state index contributed by atoms with van der Waals surface area (Å²) in [6, 6.07) is 6.32. The van der Waals surface area contributed by atoms with E-state index >= 15 is 0 Å². The summed E-state index contributed by atoms with van der Waals surface area (Å²) < 4.78 is 6.79. The SMILES string of the molecule is C=CCN1C(=O)C(=Cc2cc(C)n(-c3ccc(OC)cc3[N+](=O)[O-])c2C)C(=O)NC1=S. The van der Waals surface area contributed by atoms with Crippen LogP contribution in [0.3, 0.4) is 0 Å². The first-order valence-electron chi connectivity index (χ1n) is 9.21. The van der Waals surface area contributed by atoms with Crippen molar-refractivity contribution >= 4 is 40.9 Å². The van der Waals surface area contributed by atoms with E-state index < -0.39 is 16.7 Å². The molecule has 1 aliphatic rings. The van der Waals surface area contributed by atoms with Gasteiger partial charge < -0.3 is 9.30 Å². The molecule has 1 saturated heterocycles. The number of nitrogens with one attached hydrogen (secondary N) is 1. The minimum Gasteiger partial charge on any atom is -0.496 e. The molecule has 0 saturated carbocycles. The summed E-state index contributed by atoms with van der Waals surface area (Å²) in [4.78, 5) is 37.6. The van der Waals surface area contributed by atoms with E-state index in [0.717, 1.165) is 0 Å². The molecular weight excluding hydrogens is 420 g/mol. The molecule has 9 nitrogen and oxygen atoms in total. The van der Waals surface area contributed by atoms with Crippen LogP contribution in [0, 0.1) is 24.0 Å². The lowest BCUT2D eigenvalue weighted by Gasteiger charge is -2.27. The van der Waals surface area contributed by atoms with Crippen LogP contribution >= 0.6 is 12.2 Å². The molecule has 2 aromatic rings. The highest BCUT2D eigenvalue weighted by Gasteiger charge is 2.33. The molecule has 0 spiro atoms. The number of aryl methyl sites for hydroxylation is 1. The summed E-state index contributed by atoms with van der Waals surface area (Å²) in [6.45, 7) is 7.29. The van der Waals surface area contributed by atoms with Gasteiger partial charge in [-0.05, 0) is 55.9 Å². The van der Waals surface area contributed by atoms with Crippen LogP contribution in [0.5, 0.6) is 5.75 Å². The lowest BCUT2D eigenvalue weighted by atomic mass is 10.1. The number of ether oxygens (including phenoxy) is 1. The van der Waals surface area contributed by atoms with Crippen LogP contribution in [0.2, 0.25) is 0 Å². The first kappa shape index (κ1) is 21.9. The van der Waals surface area contributed by atoms with Crippen molar-refractivity contribution in [1.82, 2.24) is 14.8 Å². The number of nitrogens with zero attached hydrogens (tertiary/aromatic N) is 3. The van der Waals surface area contributed by atoms with Crippen LogP contribution in [0.1, 0.15) is 17.0 Å². The van der Waals surface area contributed by atoms with Gasteiger partial charge in [-0.2, -0.15) is 0 Å². The third-order valence-corrected chi connectivity index (χ3v) is 5.21. The van der Waals surface area contributed by atoms with Gasteiger partial charge in [-0.15, -0.1) is 6.58 Å². The molecule has 1 aromatic carbocycles. The van der Waals surface area contributed by atoms with E-state index in [1.54, 1.807) is 36.6 Å². The van der Waals surface area contributed by atoms with Gasteiger partial charge in [0.15, 0.2) is 5.11 Å². The predicted octanol–water partition coefficient (Wildman–Crippen LogP) is 2.82. The van der Waals surface area contributed by atoms with Crippen molar-refractivity contribution < 1.29 is 19.2 Å². The minimum absolute atomic E-state index is 0.0198. The standard InChI is InChI=1S/C21H20N4O5S/c1-5-8-23-20(27)16(19(26)22-21(23)31)10-14-9-12(2)24(13(14)3)17-7-6-15(30-4)11-18(17)25(28)29/h5-7,9-11H,1,8H2,2-4H3,(H,22,26,31). The highest BCUT2D eigenvalue weighted by molar-refractivity contribution is 7.80. The summed E-state index contributed by atoms with van der Waals surface area (Å²) >= 11 is 5.06. The number of benzene rings is 1. The average Bonchev–Trinajstić information content (AvgIpc) is 3.00. The quantitative estimate of drug-likeness (QED) is 0.185. The molecule has 0 unspecified atom stereocenters. The van der Waals surface area contributed by atoms with Crippen molar-refractivity contribution in [1.29, 1.82) is 0 Å². The molecule has 1 aromatic heterocycles. The Kier molecular flexibility index (Phi) is 6.02. The maximum absolute atomic E-state index is 12.8. The topological polar surface area (TPSA) is 107 Å². The number of hydrogen-bond acceptors (Lipinski definition) is 6. The van der Waals surface area contributed by atoms with Gasteiger partial charge in [0.1, 0.15) is 17.0 Å². The summed E-state index contributed by atoms with van der Waals surface area (Å²) in [5, 5.41) is 14.1. The van der Waals surface area contributed by atoms with E-state index in [1.807, 2.05) is 0 Å². The molecule has 0 radical (unpaired) electrons. The highest BCUT2D eigenvalue weighted by Crippen LogP contribution is 2.32. The van der Waals surface area contributed by atoms with E-state index in [1.165, 1.54) is 30.2 Å². The van der Waals surface area contributed by atoms with Crippen LogP contribution in [0.15, 0.2) is 42.5 Å². The largest absolute Gasteiger partial charge is 0.496 e. The molecule has 31 heavy (non-hydrogen) atoms. The lowest BCUT2D eigenvalue weighted by molar-refractivity contribution is -0.384. The second-order valence-corrected chi connectivity index (χ2v) is 7.18. The average molecular weight is 440 g/mol. The maximum atomic E-state index is 12.8. The molecular formula is C21H20N4O5S. The van der Waals surface area contributed by atoms with Crippen LogP contribution in [0.25, 0.3) is 11.8 Å². The molecule has 1 fully saturated rings. The minimum atomic E-state index is -0.601. The molecule has 2 amide bonds. The van der Waals surface area contributed by atoms with Gasteiger partial charge in [-0.25, -0.2) is 0 Å². The first-order valence-corrected chi connectivity index (χ1v) is 9.62. The van der Waals surface area contributed by atoms with E-state index in [2.05, 4.69) is 11.9 Å². The van der Waals surface area contributed by atoms with Crippen molar-refractivity contribution in [2.24, 2.45) is 0 Å². The normalized spacial score (nSPS) is 15.3. The molecule has 0 atom stereocenters. The molecule has 3 rings (SSSR count). The van der Waals surface area contributed by atoms with Crippen molar-refractivity contribution in [3.63, 3.8) is 0 Å². The number of nitro benzene ring substituents is 1. The van der Waals surface area contributed by atoms with Gasteiger partial charge in [0.2, 0.25) is 0 Å². The number of methoxy groups -OCH3 is 1. The Hall–Kier alpha value is -3.79. The molecule has 1 N–H and O–H groups in total. The van der Waals surface area contributed by atoms with E-state index in [4.69, 9.17) is 17.0 Å². The second kappa shape index (κ2) is 8.52. The van der Waals surface area contributed by atoms with Gasteiger partial charge in [0.25, 0.3) is 17.5 Å². The van der Waals surface area contributed by atoms with Gasteiger partial charge in [0.05, 0.1) is 18.1 Å². The predicted molar refractivity (Wildman–Crippen MR) is 119 cm³/mol. The number of rotatable bonds is 6. The Balaban J connectivity index is 2.12. The first-order chi connectivity index (χ1) is 14.7. The molecule has 10 heteroatoms. The maximum Gasteiger partial charge on any atom is 0.296 e. The van der Waals surface area contributed by atoms with Crippen LogP contribution in [-0.2, 0) is 9.59 Å². The van der Waals surface area contributed by atoms with Gasteiger partial charge in [-0.3, -0.25) is 29.9 Å². The van der Waals surface area contributed by atoms with Crippen LogP contribution in [0.4, 0.5) is 5.69 Å². The Bertz CT molecular complexity index is 1160. The Morgan fingerprint density at radius 2 is 2.00 bits per heavy atom. The number of nitro groups is 1. The number of aromatic nitrogens is 1. The Morgan fingerprint density at radius 3 is 2.61 bits per heavy atom. The number of amides is 2. The van der Waals surface area contributed by atoms with E-state index in [9.17, 15) is 19.7 Å². The van der Waals surface area contributed by atoms with Crippen LogP contribution in [-0.4, -0.2) is 45.0 Å². The van der Waals surface area contributed by atoms with Crippen molar-refractivity contribution in [3.8, 4) is 11.4 Å². The third-order valence-electron chi connectivity index (χ3n) is 4.89. The summed E-state index contributed by atoms with van der Waals surface area (Å²) in [6.07, 6.45) is 2.97. The fourth-order valence-corrected chi connectivity index (χ4v) is 3.66. The second-order valence-electron chi connectivity index (χ2n) is 6.80. The number of carbonyl (C=O) groups is 2. The van der Waals surface area contributed by atoms with Gasteiger partial charge in [-0.1, -0.05) is 6.08 Å². The molecule has 0 bridgehead atoms. The fourth-order valence-electron chi connectivity index (χ4n) is 3.41. The smallest absolute Gasteiger partial charge is 0.296 e. The monoisotopic (exact) mass is 440 g/mol. The highest BCUT2D eigenvalue weighted by atomic mass is 32.1. The zero-order valence-corrected chi connectivity index (χ0v) is 18.0. The lowest BCUT2D eigenvalue weighted by Crippen LogP contribution is -2.53. The molecule has 160 valence electrons. The van der Waals surface area contributed by atoms with Crippen molar-refractivity contribution in [2.75, 3.05) is 13.7 Å².